The highest BCUT2D eigenvalue weighted by Crippen LogP contribution is 2.20. The number of halogens is 2. The Bertz CT molecular complexity index is 392. The summed E-state index contributed by atoms with van der Waals surface area (Å²) >= 11 is 8.84. The topological polar surface area (TPSA) is 54.4 Å². The molecule has 0 aliphatic heterocycles. The first-order valence-corrected chi connectivity index (χ1v) is 5.46. The first-order valence-electron chi connectivity index (χ1n) is 4.17. The van der Waals surface area contributed by atoms with Crippen LogP contribution in [0.5, 0.6) is 0 Å². The number of aliphatic carboxylic acids is 1. The number of hydrogen-bond donors (Lipinski definition) is 1. The van der Waals surface area contributed by atoms with Crippen molar-refractivity contribution in [1.82, 2.24) is 0 Å². The molecule has 5 heteroatoms. The van der Waals surface area contributed by atoms with Crippen molar-refractivity contribution >= 4 is 39.3 Å². The van der Waals surface area contributed by atoms with Gasteiger partial charge in [-0.2, -0.15) is 0 Å². The molecular formula is C10H8BrClO3. The highest BCUT2D eigenvalue weighted by Gasteiger charge is 2.21. The van der Waals surface area contributed by atoms with E-state index in [4.69, 9.17) is 16.7 Å². The van der Waals surface area contributed by atoms with Gasteiger partial charge in [-0.05, 0) is 12.1 Å². The van der Waals surface area contributed by atoms with Gasteiger partial charge < -0.3 is 5.11 Å². The van der Waals surface area contributed by atoms with Crippen molar-refractivity contribution in [1.29, 1.82) is 0 Å². The molecule has 0 aromatic heterocycles. The van der Waals surface area contributed by atoms with E-state index in [0.717, 1.165) is 0 Å². The van der Waals surface area contributed by atoms with Gasteiger partial charge in [0.25, 0.3) is 0 Å². The summed E-state index contributed by atoms with van der Waals surface area (Å²) in [5, 5.41) is 8.86. The number of carboxylic acid groups (broad SMARTS) is 1. The SMILES string of the molecule is O=C(O)CC(Br)C(=O)c1ccccc1Cl. The third-order valence-electron chi connectivity index (χ3n) is 1.78. The van der Waals surface area contributed by atoms with Crippen molar-refractivity contribution in [3.8, 4) is 0 Å². The zero-order chi connectivity index (χ0) is 11.4. The molecule has 15 heavy (non-hydrogen) atoms. The number of carboxylic acids is 1. The maximum absolute atomic E-state index is 11.7. The molecule has 0 amide bonds. The molecule has 0 fully saturated rings. The van der Waals surface area contributed by atoms with Crippen molar-refractivity contribution in [3.05, 3.63) is 34.9 Å². The van der Waals surface area contributed by atoms with Gasteiger partial charge >= 0.3 is 5.97 Å². The Balaban J connectivity index is 2.85. The van der Waals surface area contributed by atoms with E-state index < -0.39 is 10.8 Å². The first-order chi connectivity index (χ1) is 7.02. The Labute approximate surface area is 100 Å². The van der Waals surface area contributed by atoms with Gasteiger partial charge in [-0.15, -0.1) is 0 Å². The zero-order valence-electron chi connectivity index (χ0n) is 7.61. The van der Waals surface area contributed by atoms with E-state index in [-0.39, 0.29) is 12.2 Å². The quantitative estimate of drug-likeness (QED) is 0.685. The largest absolute Gasteiger partial charge is 0.481 e. The molecule has 80 valence electrons. The molecule has 0 saturated carbocycles. The standard InChI is InChI=1S/C10H8BrClO3/c11-7(5-9(13)14)10(15)6-3-1-2-4-8(6)12/h1-4,7H,5H2,(H,13,14). The smallest absolute Gasteiger partial charge is 0.304 e. The number of rotatable bonds is 4. The normalized spacial score (nSPS) is 12.1. The molecule has 0 heterocycles. The lowest BCUT2D eigenvalue weighted by Gasteiger charge is -2.07. The van der Waals surface area contributed by atoms with Crippen LogP contribution in [0.4, 0.5) is 0 Å². The number of carbonyl (C=O) groups excluding carboxylic acids is 1. The van der Waals surface area contributed by atoms with Gasteiger partial charge in [0, 0.05) is 5.56 Å². The summed E-state index contributed by atoms with van der Waals surface area (Å²) in [5.74, 6) is -1.35. The third kappa shape index (κ3) is 3.32. The van der Waals surface area contributed by atoms with Crippen LogP contribution in [0.1, 0.15) is 16.8 Å². The van der Waals surface area contributed by atoms with Crippen LogP contribution in [0.25, 0.3) is 0 Å². The van der Waals surface area contributed by atoms with Gasteiger partial charge in [0.05, 0.1) is 16.3 Å². The number of Topliss-reactive ketones (excluding diaryl/α,β-unsaturated/α-hetero) is 1. The summed E-state index contributed by atoms with van der Waals surface area (Å²) in [7, 11) is 0. The third-order valence-corrected chi connectivity index (χ3v) is 2.85. The molecule has 0 bridgehead atoms. The molecule has 1 rings (SSSR count). The Morgan fingerprint density at radius 1 is 1.40 bits per heavy atom. The average Bonchev–Trinajstić information content (AvgIpc) is 2.16. The fourth-order valence-electron chi connectivity index (χ4n) is 1.08. The van der Waals surface area contributed by atoms with E-state index in [0.29, 0.717) is 10.6 Å². The highest BCUT2D eigenvalue weighted by atomic mass is 79.9. The minimum atomic E-state index is -1.03. The minimum Gasteiger partial charge on any atom is -0.481 e. The Kier molecular flexibility index (Phi) is 4.29. The van der Waals surface area contributed by atoms with Crippen LogP contribution in [0, 0.1) is 0 Å². The van der Waals surface area contributed by atoms with Crippen LogP contribution in [-0.4, -0.2) is 21.7 Å². The van der Waals surface area contributed by atoms with E-state index in [1.807, 2.05) is 0 Å². The van der Waals surface area contributed by atoms with Crippen LogP contribution in [0.3, 0.4) is 0 Å². The number of carbonyl (C=O) groups is 2. The van der Waals surface area contributed by atoms with E-state index >= 15 is 0 Å². The molecule has 0 aliphatic rings. The highest BCUT2D eigenvalue weighted by molar-refractivity contribution is 9.10. The van der Waals surface area contributed by atoms with E-state index in [1.54, 1.807) is 24.3 Å². The Morgan fingerprint density at radius 2 is 2.00 bits per heavy atom. The van der Waals surface area contributed by atoms with E-state index in [9.17, 15) is 9.59 Å². The van der Waals surface area contributed by atoms with E-state index in [1.165, 1.54) is 0 Å². The summed E-state index contributed by atoms with van der Waals surface area (Å²) < 4.78 is 0. The van der Waals surface area contributed by atoms with Gasteiger partial charge in [-0.1, -0.05) is 39.7 Å². The lowest BCUT2D eigenvalue weighted by atomic mass is 10.1. The molecule has 1 aromatic carbocycles. The van der Waals surface area contributed by atoms with Crippen LogP contribution < -0.4 is 0 Å². The first kappa shape index (κ1) is 12.2. The van der Waals surface area contributed by atoms with Gasteiger partial charge in [-0.3, -0.25) is 9.59 Å². The average molecular weight is 292 g/mol. The second-order valence-corrected chi connectivity index (χ2v) is 4.42. The van der Waals surface area contributed by atoms with Crippen molar-refractivity contribution < 1.29 is 14.7 Å². The molecule has 0 radical (unpaired) electrons. The fraction of sp³-hybridized carbons (Fsp3) is 0.200. The monoisotopic (exact) mass is 290 g/mol. The van der Waals surface area contributed by atoms with Gasteiger partial charge in [0.1, 0.15) is 0 Å². The lowest BCUT2D eigenvalue weighted by Crippen LogP contribution is -2.18. The van der Waals surface area contributed by atoms with Gasteiger partial charge in [0.15, 0.2) is 5.78 Å². The summed E-state index contributed by atoms with van der Waals surface area (Å²) in [4.78, 5) is 21.4. The van der Waals surface area contributed by atoms with Crippen molar-refractivity contribution in [2.24, 2.45) is 0 Å². The zero-order valence-corrected chi connectivity index (χ0v) is 9.96. The molecule has 0 aliphatic carbocycles. The van der Waals surface area contributed by atoms with Crippen molar-refractivity contribution in [2.45, 2.75) is 11.2 Å². The summed E-state index contributed by atoms with van der Waals surface area (Å²) in [6, 6.07) is 6.55. The maximum Gasteiger partial charge on any atom is 0.304 e. The molecule has 1 N–H and O–H groups in total. The van der Waals surface area contributed by atoms with Gasteiger partial charge in [0.2, 0.25) is 0 Å². The maximum atomic E-state index is 11.7. The molecule has 1 atom stereocenters. The number of hydrogen-bond acceptors (Lipinski definition) is 2. The fourth-order valence-corrected chi connectivity index (χ4v) is 1.83. The number of benzene rings is 1. The Hall–Kier alpha value is -0.870. The predicted octanol–water partition coefficient (Wildman–Crippen LogP) is 2.76. The van der Waals surface area contributed by atoms with E-state index in [2.05, 4.69) is 15.9 Å². The summed E-state index contributed by atoms with van der Waals surface area (Å²) in [5.41, 5.74) is 0.335. The van der Waals surface area contributed by atoms with Crippen molar-refractivity contribution in [3.63, 3.8) is 0 Å². The molecule has 3 nitrogen and oxygen atoms in total. The van der Waals surface area contributed by atoms with Gasteiger partial charge in [-0.25, -0.2) is 0 Å². The number of ketones is 1. The lowest BCUT2D eigenvalue weighted by molar-refractivity contribution is -0.136. The predicted molar refractivity (Wildman–Crippen MR) is 60.8 cm³/mol. The van der Waals surface area contributed by atoms with Crippen LogP contribution in [0.15, 0.2) is 24.3 Å². The molecular weight excluding hydrogens is 283 g/mol. The molecule has 0 spiro atoms. The van der Waals surface area contributed by atoms with Crippen LogP contribution >= 0.6 is 27.5 Å². The Morgan fingerprint density at radius 3 is 2.53 bits per heavy atom. The minimum absolute atomic E-state index is 0.260. The summed E-state index contributed by atoms with van der Waals surface area (Å²) in [6.45, 7) is 0. The number of alkyl halides is 1. The molecule has 1 aromatic rings. The second kappa shape index (κ2) is 5.28. The summed E-state index contributed by atoms with van der Waals surface area (Å²) in [6.07, 6.45) is -0.260. The second-order valence-electron chi connectivity index (χ2n) is 2.91. The molecule has 1 unspecified atom stereocenters. The molecule has 0 saturated heterocycles. The van der Waals surface area contributed by atoms with Crippen molar-refractivity contribution in [2.75, 3.05) is 0 Å². The van der Waals surface area contributed by atoms with Crippen LogP contribution in [0.2, 0.25) is 5.02 Å². The van der Waals surface area contributed by atoms with Crippen LogP contribution in [-0.2, 0) is 4.79 Å².